The third-order valence-electron chi connectivity index (χ3n) is 3.54. The van der Waals surface area contributed by atoms with Crippen molar-refractivity contribution in [1.29, 1.82) is 0 Å². The molecule has 23 heavy (non-hydrogen) atoms. The Balaban J connectivity index is 2.02. The number of carbonyl (C=O) groups excluding carboxylic acids is 1. The van der Waals surface area contributed by atoms with Crippen molar-refractivity contribution in [2.45, 2.75) is 32.5 Å². The lowest BCUT2D eigenvalue weighted by atomic mass is 9.97. The number of carbonyl (C=O) groups is 1. The molecule has 1 aliphatic heterocycles. The Morgan fingerprint density at radius 2 is 2.09 bits per heavy atom. The van der Waals surface area contributed by atoms with Crippen LogP contribution < -0.4 is 9.47 Å². The van der Waals surface area contributed by atoms with Crippen molar-refractivity contribution in [2.75, 3.05) is 20.3 Å². The molecule has 0 spiro atoms. The summed E-state index contributed by atoms with van der Waals surface area (Å²) < 4.78 is 16.5. The molecular formula is C15H19NO7. The summed E-state index contributed by atoms with van der Waals surface area (Å²) >= 11 is 0. The maximum absolute atomic E-state index is 12.1. The van der Waals surface area contributed by atoms with Crippen LogP contribution in [-0.2, 0) is 16.2 Å². The lowest BCUT2D eigenvalue weighted by Crippen LogP contribution is -2.27. The summed E-state index contributed by atoms with van der Waals surface area (Å²) in [5.74, 6) is 0.926. The highest BCUT2D eigenvalue weighted by Gasteiger charge is 2.28. The van der Waals surface area contributed by atoms with Gasteiger partial charge in [0.25, 0.3) is 5.09 Å². The predicted octanol–water partition coefficient (Wildman–Crippen LogP) is 2.16. The third-order valence-corrected chi connectivity index (χ3v) is 3.54. The lowest BCUT2D eigenvalue weighted by Gasteiger charge is -2.24. The molecular weight excluding hydrogens is 306 g/mol. The van der Waals surface area contributed by atoms with Gasteiger partial charge in [0.15, 0.2) is 17.3 Å². The highest BCUT2D eigenvalue weighted by molar-refractivity contribution is 6.02. The number of benzene rings is 1. The molecule has 1 aromatic rings. The zero-order valence-electron chi connectivity index (χ0n) is 13.1. The van der Waals surface area contributed by atoms with Crippen LogP contribution in [0.15, 0.2) is 12.1 Å². The third kappa shape index (κ3) is 4.10. The molecule has 0 saturated carbocycles. The van der Waals surface area contributed by atoms with E-state index in [0.717, 1.165) is 0 Å². The second kappa shape index (κ2) is 7.77. The van der Waals surface area contributed by atoms with Gasteiger partial charge in [-0.2, -0.15) is 0 Å². The van der Waals surface area contributed by atoms with Crippen LogP contribution in [0.3, 0.4) is 0 Å². The van der Waals surface area contributed by atoms with Gasteiger partial charge in [-0.1, -0.05) is 0 Å². The summed E-state index contributed by atoms with van der Waals surface area (Å²) in [5, 5.41) is 9.23. The molecule has 0 N–H and O–H groups in total. The molecule has 8 heteroatoms. The van der Waals surface area contributed by atoms with Gasteiger partial charge in [0, 0.05) is 11.1 Å². The van der Waals surface area contributed by atoms with Gasteiger partial charge in [-0.25, -0.2) is 0 Å². The number of rotatable bonds is 8. The normalized spacial score (nSPS) is 16.6. The average Bonchev–Trinajstić information content (AvgIpc) is 2.53. The quantitative estimate of drug-likeness (QED) is 0.410. The van der Waals surface area contributed by atoms with Crippen molar-refractivity contribution in [1.82, 2.24) is 0 Å². The van der Waals surface area contributed by atoms with E-state index in [1.165, 1.54) is 7.11 Å². The second-order valence-electron chi connectivity index (χ2n) is 5.05. The van der Waals surface area contributed by atoms with E-state index in [2.05, 4.69) is 4.84 Å². The van der Waals surface area contributed by atoms with Gasteiger partial charge in [0.05, 0.1) is 26.9 Å². The molecule has 1 atom stereocenters. The van der Waals surface area contributed by atoms with Crippen LogP contribution in [0.1, 0.15) is 35.7 Å². The zero-order valence-corrected chi connectivity index (χ0v) is 13.1. The van der Waals surface area contributed by atoms with E-state index >= 15 is 0 Å². The number of methoxy groups -OCH3 is 1. The number of Topliss-reactive ketones (excluding diaryl/α,β-unsaturated/α-hetero) is 1. The van der Waals surface area contributed by atoms with E-state index in [0.29, 0.717) is 42.1 Å². The molecule has 0 aromatic heterocycles. The summed E-state index contributed by atoms with van der Waals surface area (Å²) in [6.45, 7) is 2.35. The number of nitrogens with zero attached hydrogens (tertiary/aromatic N) is 1. The van der Waals surface area contributed by atoms with Gasteiger partial charge in [0.1, 0.15) is 6.10 Å². The first-order chi connectivity index (χ1) is 11.0. The SMILES string of the molecule is COc1ccc2c(c1OCCCCO[N+](=O)[O-])COC(C)C2=O. The number of unbranched alkanes of at least 4 members (excludes halogenated alkanes) is 1. The Labute approximate surface area is 133 Å². The number of fused-ring (bicyclic) bond motifs is 1. The standard InChI is InChI=1S/C15H19NO7/c1-10-14(17)11-5-6-13(20-2)15(12(11)9-22-10)21-7-3-4-8-23-16(18)19/h5-6,10H,3-4,7-9H2,1-2H3. The van der Waals surface area contributed by atoms with Crippen LogP contribution in [0.2, 0.25) is 0 Å². The molecule has 8 nitrogen and oxygen atoms in total. The maximum Gasteiger partial charge on any atom is 0.294 e. The summed E-state index contributed by atoms with van der Waals surface area (Å²) in [6, 6.07) is 3.41. The van der Waals surface area contributed by atoms with Gasteiger partial charge < -0.3 is 19.0 Å². The highest BCUT2D eigenvalue weighted by Crippen LogP contribution is 2.37. The van der Waals surface area contributed by atoms with Crippen LogP contribution in [0.5, 0.6) is 11.5 Å². The zero-order chi connectivity index (χ0) is 16.8. The molecule has 0 bridgehead atoms. The fraction of sp³-hybridized carbons (Fsp3) is 0.533. The van der Waals surface area contributed by atoms with Crippen molar-refractivity contribution in [2.24, 2.45) is 0 Å². The molecule has 1 heterocycles. The smallest absolute Gasteiger partial charge is 0.294 e. The van der Waals surface area contributed by atoms with Crippen LogP contribution in [0, 0.1) is 10.1 Å². The van der Waals surface area contributed by atoms with E-state index < -0.39 is 11.2 Å². The minimum absolute atomic E-state index is 0.0273. The molecule has 1 aromatic carbocycles. The van der Waals surface area contributed by atoms with Crippen molar-refractivity contribution < 1.29 is 28.9 Å². The maximum atomic E-state index is 12.1. The Bertz CT molecular complexity index is 587. The summed E-state index contributed by atoms with van der Waals surface area (Å²) in [7, 11) is 1.52. The van der Waals surface area contributed by atoms with Crippen LogP contribution >= 0.6 is 0 Å². The Morgan fingerprint density at radius 3 is 2.78 bits per heavy atom. The minimum Gasteiger partial charge on any atom is -0.493 e. The Morgan fingerprint density at radius 1 is 1.35 bits per heavy atom. The highest BCUT2D eigenvalue weighted by atomic mass is 16.9. The van der Waals surface area contributed by atoms with Crippen LogP contribution in [0.4, 0.5) is 0 Å². The molecule has 0 fully saturated rings. The molecule has 1 aliphatic rings. The Hall–Kier alpha value is -2.35. The number of hydrogen-bond donors (Lipinski definition) is 0. The summed E-state index contributed by atoms with van der Waals surface area (Å²) in [4.78, 5) is 26.4. The van der Waals surface area contributed by atoms with E-state index in [9.17, 15) is 14.9 Å². The molecule has 0 aliphatic carbocycles. The van der Waals surface area contributed by atoms with E-state index in [1.54, 1.807) is 19.1 Å². The minimum atomic E-state index is -0.818. The predicted molar refractivity (Wildman–Crippen MR) is 79.3 cm³/mol. The fourth-order valence-electron chi connectivity index (χ4n) is 2.32. The van der Waals surface area contributed by atoms with Gasteiger partial charge in [0.2, 0.25) is 0 Å². The number of hydrogen-bond acceptors (Lipinski definition) is 7. The summed E-state index contributed by atoms with van der Waals surface area (Å²) in [5.41, 5.74) is 1.25. The largest absolute Gasteiger partial charge is 0.493 e. The number of ketones is 1. The molecule has 0 radical (unpaired) electrons. The topological polar surface area (TPSA) is 97.1 Å². The fourth-order valence-corrected chi connectivity index (χ4v) is 2.32. The van der Waals surface area contributed by atoms with E-state index in [-0.39, 0.29) is 19.0 Å². The molecule has 1 unspecified atom stereocenters. The lowest BCUT2D eigenvalue weighted by molar-refractivity contribution is -0.757. The first-order valence-corrected chi connectivity index (χ1v) is 7.30. The molecule has 126 valence electrons. The van der Waals surface area contributed by atoms with Gasteiger partial charge in [-0.05, 0) is 31.9 Å². The van der Waals surface area contributed by atoms with Crippen molar-refractivity contribution in [3.63, 3.8) is 0 Å². The first kappa shape index (κ1) is 17.0. The molecule has 0 amide bonds. The second-order valence-corrected chi connectivity index (χ2v) is 5.05. The van der Waals surface area contributed by atoms with Crippen molar-refractivity contribution >= 4 is 5.78 Å². The molecule has 2 rings (SSSR count). The van der Waals surface area contributed by atoms with E-state index in [4.69, 9.17) is 14.2 Å². The average molecular weight is 325 g/mol. The molecule has 0 saturated heterocycles. The monoisotopic (exact) mass is 325 g/mol. The first-order valence-electron chi connectivity index (χ1n) is 7.30. The van der Waals surface area contributed by atoms with Gasteiger partial charge in [-0.15, -0.1) is 10.1 Å². The Kier molecular flexibility index (Phi) is 5.75. The number of ether oxygens (including phenoxy) is 3. The van der Waals surface area contributed by atoms with Gasteiger partial charge >= 0.3 is 0 Å². The summed E-state index contributed by atoms with van der Waals surface area (Å²) in [6.07, 6.45) is 0.597. The van der Waals surface area contributed by atoms with Crippen molar-refractivity contribution in [3.05, 3.63) is 33.4 Å². The van der Waals surface area contributed by atoms with Gasteiger partial charge in [-0.3, -0.25) is 4.79 Å². The van der Waals surface area contributed by atoms with E-state index in [1.807, 2.05) is 0 Å². The van der Waals surface area contributed by atoms with Crippen LogP contribution in [0.25, 0.3) is 0 Å². The van der Waals surface area contributed by atoms with Crippen LogP contribution in [-0.4, -0.2) is 37.3 Å². The van der Waals surface area contributed by atoms with Crippen molar-refractivity contribution in [3.8, 4) is 11.5 Å².